The second-order valence-electron chi connectivity index (χ2n) is 16.9. The maximum Gasteiger partial charge on any atom is 0.306 e. The Labute approximate surface area is 382 Å². The van der Waals surface area contributed by atoms with Crippen LogP contribution in [0.4, 0.5) is 0 Å². The molecule has 0 aromatic heterocycles. The van der Waals surface area contributed by atoms with Gasteiger partial charge in [0.1, 0.15) is 13.2 Å². The number of esters is 3. The Bertz CT molecular complexity index is 1220. The molecule has 0 radical (unpaired) electrons. The summed E-state index contributed by atoms with van der Waals surface area (Å²) in [7, 11) is 0. The lowest BCUT2D eigenvalue weighted by atomic mass is 10.0. The minimum absolute atomic E-state index is 0.0962. The highest BCUT2D eigenvalue weighted by molar-refractivity contribution is 5.71. The van der Waals surface area contributed by atoms with Crippen LogP contribution in [0.25, 0.3) is 0 Å². The highest BCUT2D eigenvalue weighted by atomic mass is 16.6. The van der Waals surface area contributed by atoms with Crippen LogP contribution in [0.2, 0.25) is 0 Å². The van der Waals surface area contributed by atoms with E-state index in [4.69, 9.17) is 14.2 Å². The molecule has 0 aliphatic heterocycles. The van der Waals surface area contributed by atoms with Crippen molar-refractivity contribution in [3.63, 3.8) is 0 Å². The van der Waals surface area contributed by atoms with Crippen LogP contribution in [0.3, 0.4) is 0 Å². The molecule has 0 aliphatic rings. The van der Waals surface area contributed by atoms with Crippen molar-refractivity contribution in [1.82, 2.24) is 0 Å². The first-order valence-electron chi connectivity index (χ1n) is 25.7. The Kier molecular flexibility index (Phi) is 47.5. The second-order valence-corrected chi connectivity index (χ2v) is 16.9. The number of unbranched alkanes of at least 4 members (excludes halogenated alkanes) is 25. The zero-order chi connectivity index (χ0) is 45.1. The highest BCUT2D eigenvalue weighted by Gasteiger charge is 2.19. The monoisotopic (exact) mass is 863 g/mol. The van der Waals surface area contributed by atoms with Crippen LogP contribution in [0.15, 0.2) is 85.1 Å². The Morgan fingerprint density at radius 1 is 0.339 bits per heavy atom. The van der Waals surface area contributed by atoms with Gasteiger partial charge in [0.05, 0.1) is 0 Å². The van der Waals surface area contributed by atoms with E-state index in [0.717, 1.165) is 89.9 Å². The molecule has 354 valence electrons. The first kappa shape index (κ1) is 58.6. The summed E-state index contributed by atoms with van der Waals surface area (Å²) in [6, 6.07) is 0. The molecule has 0 bridgehead atoms. The average Bonchev–Trinajstić information content (AvgIpc) is 3.27. The minimum atomic E-state index is -0.797. The molecule has 0 amide bonds. The van der Waals surface area contributed by atoms with E-state index in [2.05, 4.69) is 45.1 Å². The first-order chi connectivity index (χ1) is 30.5. The fourth-order valence-electron chi connectivity index (χ4n) is 6.93. The first-order valence-corrected chi connectivity index (χ1v) is 25.7. The minimum Gasteiger partial charge on any atom is -0.462 e. The van der Waals surface area contributed by atoms with Crippen molar-refractivity contribution in [1.29, 1.82) is 0 Å². The van der Waals surface area contributed by atoms with Crippen LogP contribution in [0.5, 0.6) is 0 Å². The number of carbonyl (C=O) groups excluding carboxylic acids is 3. The van der Waals surface area contributed by atoms with E-state index in [0.29, 0.717) is 19.3 Å². The molecule has 0 aromatic rings. The number of carbonyl (C=O) groups is 3. The van der Waals surface area contributed by atoms with Gasteiger partial charge in [-0.05, 0) is 57.8 Å². The summed E-state index contributed by atoms with van der Waals surface area (Å²) in [4.78, 5) is 37.9. The lowest BCUT2D eigenvalue weighted by molar-refractivity contribution is -0.167. The van der Waals surface area contributed by atoms with Gasteiger partial charge in [0.2, 0.25) is 0 Å². The van der Waals surface area contributed by atoms with E-state index in [-0.39, 0.29) is 31.1 Å². The summed E-state index contributed by atoms with van der Waals surface area (Å²) in [5, 5.41) is 0. The molecule has 6 heteroatoms. The maximum atomic E-state index is 12.8. The van der Waals surface area contributed by atoms with Gasteiger partial charge >= 0.3 is 17.9 Å². The summed E-state index contributed by atoms with van der Waals surface area (Å²) in [6.45, 7) is 6.40. The number of hydrogen-bond acceptors (Lipinski definition) is 6. The van der Waals surface area contributed by atoms with E-state index in [9.17, 15) is 14.4 Å². The predicted molar refractivity (Wildman–Crippen MR) is 265 cm³/mol. The van der Waals surface area contributed by atoms with Crippen LogP contribution in [0, 0.1) is 0 Å². The van der Waals surface area contributed by atoms with E-state index in [1.54, 1.807) is 0 Å². The number of allylic oxidation sites excluding steroid dienone is 14. The van der Waals surface area contributed by atoms with Gasteiger partial charge in [0, 0.05) is 19.3 Å². The molecule has 0 fully saturated rings. The van der Waals surface area contributed by atoms with Crippen molar-refractivity contribution in [2.45, 2.75) is 239 Å². The molecule has 0 heterocycles. The topological polar surface area (TPSA) is 78.9 Å². The standard InChI is InChI=1S/C56H94O6/c1-4-7-10-13-16-19-22-24-26-28-30-32-34-37-40-43-46-49-55(58)61-52-53(51-60-54(57)48-45-42-39-36-21-18-15-12-9-6-3)62-56(59)50-47-44-41-38-35-33-31-29-27-25-23-20-17-14-11-8-5-2/h7,10,13,15-16,18-19,22,24,26,28,30,32,34,53H,4-6,8-9,11-12,14,17,20-21,23,25,27,29,31,33,35-52H2,1-3H3/b10-7-,16-13-,18-15-,22-19-,26-24-,30-28+,34-32-. The molecular weight excluding hydrogens is 769 g/mol. The fourth-order valence-corrected chi connectivity index (χ4v) is 6.93. The van der Waals surface area contributed by atoms with Crippen molar-refractivity contribution in [2.75, 3.05) is 13.2 Å². The van der Waals surface area contributed by atoms with Crippen molar-refractivity contribution in [3.8, 4) is 0 Å². The number of ether oxygens (including phenoxy) is 3. The van der Waals surface area contributed by atoms with E-state index < -0.39 is 6.10 Å². The average molecular weight is 863 g/mol. The van der Waals surface area contributed by atoms with E-state index in [1.807, 2.05) is 60.8 Å². The third-order valence-electron chi connectivity index (χ3n) is 10.8. The molecular formula is C56H94O6. The van der Waals surface area contributed by atoms with Gasteiger partial charge in [-0.1, -0.05) is 241 Å². The van der Waals surface area contributed by atoms with Gasteiger partial charge in [-0.25, -0.2) is 0 Å². The van der Waals surface area contributed by atoms with Gasteiger partial charge in [-0.15, -0.1) is 0 Å². The predicted octanol–water partition coefficient (Wildman–Crippen LogP) is 16.8. The summed E-state index contributed by atoms with van der Waals surface area (Å²) in [6.07, 6.45) is 64.2. The number of rotatable bonds is 45. The smallest absolute Gasteiger partial charge is 0.306 e. The van der Waals surface area contributed by atoms with Gasteiger partial charge in [-0.3, -0.25) is 14.4 Å². The summed E-state index contributed by atoms with van der Waals surface area (Å²) in [5.74, 6) is -0.952. The van der Waals surface area contributed by atoms with Crippen molar-refractivity contribution < 1.29 is 28.6 Å². The van der Waals surface area contributed by atoms with Crippen LogP contribution in [0.1, 0.15) is 233 Å². The molecule has 0 rings (SSSR count). The summed E-state index contributed by atoms with van der Waals surface area (Å²) >= 11 is 0. The lowest BCUT2D eigenvalue weighted by Crippen LogP contribution is -2.30. The fraction of sp³-hybridized carbons (Fsp3) is 0.696. The second kappa shape index (κ2) is 50.2. The molecule has 0 saturated carbocycles. The quantitative estimate of drug-likeness (QED) is 0.0199. The Hall–Kier alpha value is -3.41. The molecule has 0 N–H and O–H groups in total. The van der Waals surface area contributed by atoms with Crippen molar-refractivity contribution in [3.05, 3.63) is 85.1 Å². The molecule has 0 saturated heterocycles. The van der Waals surface area contributed by atoms with Crippen molar-refractivity contribution in [2.24, 2.45) is 0 Å². The zero-order valence-electron chi connectivity index (χ0n) is 40.4. The molecule has 0 spiro atoms. The Morgan fingerprint density at radius 3 is 1.10 bits per heavy atom. The largest absolute Gasteiger partial charge is 0.462 e. The third kappa shape index (κ3) is 47.6. The molecule has 62 heavy (non-hydrogen) atoms. The molecule has 1 unspecified atom stereocenters. The summed E-state index contributed by atoms with van der Waals surface area (Å²) < 4.78 is 16.7. The van der Waals surface area contributed by atoms with Gasteiger partial charge < -0.3 is 14.2 Å². The zero-order valence-corrected chi connectivity index (χ0v) is 40.4. The Morgan fingerprint density at radius 2 is 0.661 bits per heavy atom. The molecule has 6 nitrogen and oxygen atoms in total. The van der Waals surface area contributed by atoms with E-state index in [1.165, 1.54) is 103 Å². The van der Waals surface area contributed by atoms with Crippen LogP contribution in [-0.2, 0) is 28.6 Å². The van der Waals surface area contributed by atoms with E-state index >= 15 is 0 Å². The molecule has 0 aliphatic carbocycles. The highest BCUT2D eigenvalue weighted by Crippen LogP contribution is 2.15. The molecule has 0 aromatic carbocycles. The van der Waals surface area contributed by atoms with Gasteiger partial charge in [0.25, 0.3) is 0 Å². The Balaban J connectivity index is 4.44. The molecule has 1 atom stereocenters. The van der Waals surface area contributed by atoms with Gasteiger partial charge in [-0.2, -0.15) is 0 Å². The summed E-state index contributed by atoms with van der Waals surface area (Å²) in [5.41, 5.74) is 0. The van der Waals surface area contributed by atoms with Gasteiger partial charge in [0.15, 0.2) is 6.10 Å². The third-order valence-corrected chi connectivity index (χ3v) is 10.8. The van der Waals surface area contributed by atoms with Crippen molar-refractivity contribution >= 4 is 17.9 Å². The van der Waals surface area contributed by atoms with Crippen LogP contribution >= 0.6 is 0 Å². The SMILES string of the molecule is CC\C=C/C=C\C=C/C=C\C=C\C=C/CCCCCC(=O)OCC(COC(=O)CCCCCC/C=C\CCCC)OC(=O)CCCCCCCCCCCCCCCCCCC. The van der Waals surface area contributed by atoms with Crippen LogP contribution in [-0.4, -0.2) is 37.2 Å². The maximum absolute atomic E-state index is 12.8. The van der Waals surface area contributed by atoms with Crippen LogP contribution < -0.4 is 0 Å². The lowest BCUT2D eigenvalue weighted by Gasteiger charge is -2.18. The normalized spacial score (nSPS) is 12.8. The number of hydrogen-bond donors (Lipinski definition) is 0.